The number of fused-ring (bicyclic) bond motifs is 1. The molecule has 0 bridgehead atoms. The van der Waals surface area contributed by atoms with Crippen LogP contribution in [0, 0.1) is 0 Å². The van der Waals surface area contributed by atoms with Gasteiger partial charge in [-0.2, -0.15) is 0 Å². The molecule has 0 radical (unpaired) electrons. The number of aromatic nitrogens is 1. The summed E-state index contributed by atoms with van der Waals surface area (Å²) in [7, 11) is 1.56. The zero-order valence-electron chi connectivity index (χ0n) is 12.2. The minimum atomic E-state index is -0.488. The van der Waals surface area contributed by atoms with Gasteiger partial charge in [-0.15, -0.1) is 0 Å². The van der Waals surface area contributed by atoms with E-state index in [2.05, 4.69) is 10.3 Å². The second-order valence-corrected chi connectivity index (χ2v) is 5.36. The number of carbonyl (C=O) groups is 1. The topological polar surface area (TPSA) is 71.2 Å². The van der Waals surface area contributed by atoms with Gasteiger partial charge >= 0.3 is 0 Å². The Balaban J connectivity index is 1.93. The van der Waals surface area contributed by atoms with Crippen LogP contribution >= 0.6 is 11.6 Å². The van der Waals surface area contributed by atoms with Crippen LogP contribution in [0.25, 0.3) is 10.9 Å². The highest BCUT2D eigenvalue weighted by molar-refractivity contribution is 6.31. The molecule has 23 heavy (non-hydrogen) atoms. The predicted octanol–water partition coefficient (Wildman–Crippen LogP) is 3.44. The molecule has 3 rings (SSSR count). The van der Waals surface area contributed by atoms with Crippen LogP contribution in [0.5, 0.6) is 5.75 Å². The van der Waals surface area contributed by atoms with Crippen LogP contribution in [0.3, 0.4) is 0 Å². The summed E-state index contributed by atoms with van der Waals surface area (Å²) in [5.41, 5.74) is 0.767. The zero-order valence-corrected chi connectivity index (χ0v) is 13.0. The summed E-state index contributed by atoms with van der Waals surface area (Å²) in [4.78, 5) is 27.1. The fourth-order valence-corrected chi connectivity index (χ4v) is 2.40. The number of H-pyrrole nitrogens is 1. The van der Waals surface area contributed by atoms with E-state index in [0.717, 1.165) is 0 Å². The Kier molecular flexibility index (Phi) is 4.04. The van der Waals surface area contributed by atoms with Crippen molar-refractivity contribution in [1.82, 2.24) is 4.98 Å². The summed E-state index contributed by atoms with van der Waals surface area (Å²) in [6.07, 6.45) is 0. The van der Waals surface area contributed by atoms with Gasteiger partial charge in [0.2, 0.25) is 0 Å². The van der Waals surface area contributed by atoms with Crippen molar-refractivity contribution in [3.63, 3.8) is 0 Å². The SMILES string of the molecule is COc1ccc(NC(=O)c2cc3cc(Cl)ccc3[nH]c2=O)cc1. The predicted molar refractivity (Wildman–Crippen MR) is 90.5 cm³/mol. The molecule has 0 aliphatic rings. The van der Waals surface area contributed by atoms with Crippen molar-refractivity contribution < 1.29 is 9.53 Å². The molecule has 116 valence electrons. The van der Waals surface area contributed by atoms with Crippen LogP contribution in [-0.2, 0) is 0 Å². The lowest BCUT2D eigenvalue weighted by atomic mass is 10.1. The number of hydrogen-bond donors (Lipinski definition) is 2. The lowest BCUT2D eigenvalue weighted by Crippen LogP contribution is -2.23. The third-order valence-electron chi connectivity index (χ3n) is 3.40. The number of amides is 1. The van der Waals surface area contributed by atoms with Gasteiger partial charge in [-0.25, -0.2) is 0 Å². The molecule has 0 spiro atoms. The summed E-state index contributed by atoms with van der Waals surface area (Å²) in [6, 6.07) is 13.4. The summed E-state index contributed by atoms with van der Waals surface area (Å²) >= 11 is 5.94. The second-order valence-electron chi connectivity index (χ2n) is 4.93. The summed E-state index contributed by atoms with van der Waals surface area (Å²) in [5, 5.41) is 3.91. The Morgan fingerprint density at radius 3 is 2.57 bits per heavy atom. The Morgan fingerprint density at radius 1 is 1.13 bits per heavy atom. The molecule has 3 aromatic rings. The van der Waals surface area contributed by atoms with E-state index < -0.39 is 11.5 Å². The van der Waals surface area contributed by atoms with Crippen molar-refractivity contribution in [2.75, 3.05) is 12.4 Å². The third kappa shape index (κ3) is 3.19. The van der Waals surface area contributed by atoms with Gasteiger partial charge in [0.1, 0.15) is 11.3 Å². The van der Waals surface area contributed by atoms with Gasteiger partial charge in [0.05, 0.1) is 7.11 Å². The molecule has 0 saturated heterocycles. The molecule has 1 heterocycles. The number of carbonyl (C=O) groups excluding carboxylic acids is 1. The quantitative estimate of drug-likeness (QED) is 0.773. The van der Waals surface area contributed by atoms with E-state index in [1.807, 2.05) is 0 Å². The fourth-order valence-electron chi connectivity index (χ4n) is 2.22. The van der Waals surface area contributed by atoms with Crippen molar-refractivity contribution in [2.45, 2.75) is 0 Å². The first-order valence-electron chi connectivity index (χ1n) is 6.85. The first-order chi connectivity index (χ1) is 11.1. The van der Waals surface area contributed by atoms with E-state index in [1.54, 1.807) is 49.6 Å². The number of pyridine rings is 1. The van der Waals surface area contributed by atoms with E-state index in [-0.39, 0.29) is 5.56 Å². The van der Waals surface area contributed by atoms with Gasteiger partial charge in [-0.3, -0.25) is 9.59 Å². The Labute approximate surface area is 136 Å². The van der Waals surface area contributed by atoms with Crippen molar-refractivity contribution in [3.8, 4) is 5.75 Å². The first-order valence-corrected chi connectivity index (χ1v) is 7.22. The molecule has 1 aromatic heterocycles. The van der Waals surface area contributed by atoms with Crippen molar-refractivity contribution in [2.24, 2.45) is 0 Å². The molecule has 6 heteroatoms. The largest absolute Gasteiger partial charge is 0.497 e. The second kappa shape index (κ2) is 6.14. The van der Waals surface area contributed by atoms with Crippen LogP contribution in [0.15, 0.2) is 53.3 Å². The lowest BCUT2D eigenvalue weighted by molar-refractivity contribution is 0.102. The molecule has 2 aromatic carbocycles. The molecule has 0 saturated carbocycles. The number of nitrogens with one attached hydrogen (secondary N) is 2. The van der Waals surface area contributed by atoms with E-state index in [4.69, 9.17) is 16.3 Å². The monoisotopic (exact) mass is 328 g/mol. The van der Waals surface area contributed by atoms with Gasteiger partial charge in [0.15, 0.2) is 0 Å². The summed E-state index contributed by atoms with van der Waals surface area (Å²) < 4.78 is 5.06. The molecule has 0 aliphatic carbocycles. The van der Waals surface area contributed by atoms with E-state index in [9.17, 15) is 9.59 Å². The van der Waals surface area contributed by atoms with Crippen LogP contribution in [0.4, 0.5) is 5.69 Å². The Hall–Kier alpha value is -2.79. The van der Waals surface area contributed by atoms with E-state index >= 15 is 0 Å². The number of ether oxygens (including phenoxy) is 1. The Bertz CT molecular complexity index is 933. The van der Waals surface area contributed by atoms with Gasteiger partial charge < -0.3 is 15.0 Å². The van der Waals surface area contributed by atoms with Crippen LogP contribution < -0.4 is 15.6 Å². The van der Waals surface area contributed by atoms with Gasteiger partial charge in [0.25, 0.3) is 11.5 Å². The maximum Gasteiger partial charge on any atom is 0.261 e. The highest BCUT2D eigenvalue weighted by Crippen LogP contribution is 2.18. The minimum absolute atomic E-state index is 0.0237. The molecule has 5 nitrogen and oxygen atoms in total. The fraction of sp³-hybridized carbons (Fsp3) is 0.0588. The van der Waals surface area contributed by atoms with Crippen LogP contribution in [0.2, 0.25) is 5.02 Å². The number of methoxy groups -OCH3 is 1. The van der Waals surface area contributed by atoms with Gasteiger partial charge in [0, 0.05) is 21.6 Å². The molecular weight excluding hydrogens is 316 g/mol. The molecule has 1 amide bonds. The van der Waals surface area contributed by atoms with Gasteiger partial charge in [-0.05, 0) is 48.5 Å². The smallest absolute Gasteiger partial charge is 0.261 e. The lowest BCUT2D eigenvalue weighted by Gasteiger charge is -2.07. The van der Waals surface area contributed by atoms with E-state index in [1.165, 1.54) is 6.07 Å². The molecular formula is C17H13ClN2O3. The number of rotatable bonds is 3. The number of halogens is 1. The van der Waals surface area contributed by atoms with Crippen molar-refractivity contribution in [1.29, 1.82) is 0 Å². The van der Waals surface area contributed by atoms with Crippen LogP contribution in [0.1, 0.15) is 10.4 Å². The minimum Gasteiger partial charge on any atom is -0.497 e. The summed E-state index contributed by atoms with van der Waals surface area (Å²) in [6.45, 7) is 0. The average Bonchev–Trinajstić information content (AvgIpc) is 2.55. The zero-order chi connectivity index (χ0) is 16.4. The van der Waals surface area contributed by atoms with Crippen molar-refractivity contribution in [3.05, 3.63) is 69.5 Å². The average molecular weight is 329 g/mol. The molecule has 0 fully saturated rings. The molecule has 2 N–H and O–H groups in total. The van der Waals surface area contributed by atoms with Crippen LogP contribution in [-0.4, -0.2) is 18.0 Å². The van der Waals surface area contributed by atoms with Crippen molar-refractivity contribution >= 4 is 34.1 Å². The Morgan fingerprint density at radius 2 is 1.87 bits per heavy atom. The highest BCUT2D eigenvalue weighted by Gasteiger charge is 2.12. The standard InChI is InChI=1S/C17H13ClN2O3/c1-23-13-5-3-12(4-6-13)19-16(21)14-9-10-8-11(18)2-7-15(10)20-17(14)22/h2-9H,1H3,(H,19,21)(H,20,22). The molecule has 0 aliphatic heterocycles. The molecule has 0 unspecified atom stereocenters. The van der Waals surface area contributed by atoms with E-state index in [0.29, 0.717) is 27.4 Å². The maximum atomic E-state index is 12.3. The number of aromatic amines is 1. The van der Waals surface area contributed by atoms with Gasteiger partial charge in [-0.1, -0.05) is 11.6 Å². The number of benzene rings is 2. The first kappa shape index (κ1) is 15.1. The highest BCUT2D eigenvalue weighted by atomic mass is 35.5. The number of anilines is 1. The number of hydrogen-bond acceptors (Lipinski definition) is 3. The molecule has 0 atom stereocenters. The third-order valence-corrected chi connectivity index (χ3v) is 3.63. The summed E-state index contributed by atoms with van der Waals surface area (Å²) in [5.74, 6) is 0.194. The maximum absolute atomic E-state index is 12.3. The normalized spacial score (nSPS) is 10.5.